The second kappa shape index (κ2) is 7.03. The van der Waals surface area contributed by atoms with E-state index in [2.05, 4.69) is 33.9 Å². The Labute approximate surface area is 169 Å². The number of hydrogen-bond donors (Lipinski definition) is 1. The van der Waals surface area contributed by atoms with Crippen molar-refractivity contribution in [3.63, 3.8) is 0 Å². The molecule has 2 aliphatic rings. The van der Waals surface area contributed by atoms with Gasteiger partial charge in [-0.15, -0.1) is 0 Å². The molecule has 4 heterocycles. The fraction of sp³-hybridized carbons (Fsp3) is 0.304. The third kappa shape index (κ3) is 2.99. The maximum Gasteiger partial charge on any atom is 0.270 e. The van der Waals surface area contributed by atoms with Gasteiger partial charge in [-0.2, -0.15) is 0 Å². The van der Waals surface area contributed by atoms with Gasteiger partial charge in [0.05, 0.1) is 17.9 Å². The number of hydrogen-bond acceptors (Lipinski definition) is 3. The van der Waals surface area contributed by atoms with Crippen molar-refractivity contribution in [2.24, 2.45) is 11.8 Å². The Morgan fingerprint density at radius 1 is 1.14 bits per heavy atom. The first-order valence-corrected chi connectivity index (χ1v) is 9.98. The molecule has 0 unspecified atom stereocenters. The average molecular weight is 390 g/mol. The number of carbonyl (C=O) groups excluding carboxylic acids is 1. The van der Waals surface area contributed by atoms with Crippen molar-refractivity contribution < 1.29 is 9.18 Å². The van der Waals surface area contributed by atoms with Crippen LogP contribution in [0.5, 0.6) is 0 Å². The van der Waals surface area contributed by atoms with Gasteiger partial charge in [-0.3, -0.25) is 9.78 Å². The van der Waals surface area contributed by atoms with Crippen LogP contribution in [0.1, 0.15) is 27.7 Å². The van der Waals surface area contributed by atoms with Gasteiger partial charge in [0.15, 0.2) is 5.82 Å². The molecule has 0 spiro atoms. The summed E-state index contributed by atoms with van der Waals surface area (Å²) in [5, 5.41) is 0. The molecule has 0 radical (unpaired) electrons. The van der Waals surface area contributed by atoms with Crippen LogP contribution < -0.4 is 4.90 Å². The lowest BCUT2D eigenvalue weighted by Crippen LogP contribution is -2.36. The number of halogens is 1. The molecule has 148 valence electrons. The highest BCUT2D eigenvalue weighted by Crippen LogP contribution is 2.47. The normalized spacial score (nSPS) is 23.4. The Morgan fingerprint density at radius 3 is 2.76 bits per heavy atom. The SMILES string of the molecule is Cc1ccccc1[C@H]1[C@H]2CN(c3ccncc3F)C[C@H]2CN1C(=O)c1ccc[nH]1. The number of benzene rings is 1. The van der Waals surface area contributed by atoms with E-state index in [1.165, 1.54) is 17.3 Å². The molecule has 0 bridgehead atoms. The molecule has 2 saturated heterocycles. The summed E-state index contributed by atoms with van der Waals surface area (Å²) in [4.78, 5) is 24.3. The number of nitrogens with one attached hydrogen (secondary N) is 1. The predicted molar refractivity (Wildman–Crippen MR) is 109 cm³/mol. The largest absolute Gasteiger partial charge is 0.368 e. The summed E-state index contributed by atoms with van der Waals surface area (Å²) in [5.41, 5.74) is 3.56. The lowest BCUT2D eigenvalue weighted by atomic mass is 9.87. The number of amides is 1. The van der Waals surface area contributed by atoms with Crippen molar-refractivity contribution in [1.82, 2.24) is 14.9 Å². The Balaban J connectivity index is 1.50. The molecule has 0 saturated carbocycles. The number of anilines is 1. The molecular weight excluding hydrogens is 367 g/mol. The Bertz CT molecular complexity index is 1030. The van der Waals surface area contributed by atoms with Gasteiger partial charge >= 0.3 is 0 Å². The zero-order chi connectivity index (χ0) is 20.0. The molecule has 5 nitrogen and oxygen atoms in total. The summed E-state index contributed by atoms with van der Waals surface area (Å²) in [5.74, 6) is 0.284. The van der Waals surface area contributed by atoms with Crippen LogP contribution in [0.25, 0.3) is 0 Å². The second-order valence-corrected chi connectivity index (χ2v) is 8.00. The fourth-order valence-electron chi connectivity index (χ4n) is 5.01. The highest BCUT2D eigenvalue weighted by molar-refractivity contribution is 5.93. The molecule has 3 atom stereocenters. The van der Waals surface area contributed by atoms with Gasteiger partial charge in [-0.05, 0) is 36.2 Å². The number of fused-ring (bicyclic) bond motifs is 1. The maximum atomic E-state index is 14.3. The number of carbonyl (C=O) groups is 1. The number of aromatic amines is 1. The first kappa shape index (κ1) is 17.9. The number of pyridine rings is 1. The first-order valence-electron chi connectivity index (χ1n) is 9.98. The standard InChI is InChI=1S/C23H23FN4O/c1-15-5-2-3-6-17(15)22-18-14-27(21-8-10-25-11-19(21)24)12-16(18)13-28(22)23(29)20-7-4-9-26-20/h2-11,16,18,22,26H,12-14H2,1H3/t16-,18-,22-/m0/s1. The first-order chi connectivity index (χ1) is 14.1. The van der Waals surface area contributed by atoms with E-state index in [0.717, 1.165) is 13.1 Å². The van der Waals surface area contributed by atoms with Crippen molar-refractivity contribution in [1.29, 1.82) is 0 Å². The summed E-state index contributed by atoms with van der Waals surface area (Å²) < 4.78 is 14.3. The van der Waals surface area contributed by atoms with Crippen molar-refractivity contribution in [3.8, 4) is 0 Å². The smallest absolute Gasteiger partial charge is 0.270 e. The number of nitrogens with zero attached hydrogens (tertiary/aromatic N) is 3. The van der Waals surface area contributed by atoms with Crippen LogP contribution >= 0.6 is 0 Å². The average Bonchev–Trinajstić information content (AvgIpc) is 3.45. The van der Waals surface area contributed by atoms with Crippen LogP contribution in [0.2, 0.25) is 0 Å². The van der Waals surface area contributed by atoms with Gasteiger partial charge in [0, 0.05) is 43.9 Å². The van der Waals surface area contributed by atoms with Crippen LogP contribution in [-0.2, 0) is 0 Å². The van der Waals surface area contributed by atoms with Gasteiger partial charge in [0.2, 0.25) is 0 Å². The van der Waals surface area contributed by atoms with E-state index in [1.807, 2.05) is 29.2 Å². The third-order valence-corrected chi connectivity index (χ3v) is 6.35. The molecule has 1 aromatic carbocycles. The van der Waals surface area contributed by atoms with Crippen molar-refractivity contribution >= 4 is 11.6 Å². The molecule has 6 heteroatoms. The van der Waals surface area contributed by atoms with E-state index in [1.54, 1.807) is 18.5 Å². The van der Waals surface area contributed by atoms with Crippen LogP contribution in [0.3, 0.4) is 0 Å². The quantitative estimate of drug-likeness (QED) is 0.740. The minimum absolute atomic E-state index is 0.0214. The van der Waals surface area contributed by atoms with Gasteiger partial charge in [-0.25, -0.2) is 4.39 Å². The molecular formula is C23H23FN4O. The Hall–Kier alpha value is -3.15. The second-order valence-electron chi connectivity index (χ2n) is 8.00. The van der Waals surface area contributed by atoms with E-state index >= 15 is 0 Å². The molecule has 2 aromatic heterocycles. The number of likely N-dealkylation sites (tertiary alicyclic amines) is 1. The molecule has 1 N–H and O–H groups in total. The van der Waals surface area contributed by atoms with Gasteiger partial charge < -0.3 is 14.8 Å². The number of H-pyrrole nitrogens is 1. The van der Waals surface area contributed by atoms with Gasteiger partial charge in [0.1, 0.15) is 5.69 Å². The zero-order valence-electron chi connectivity index (χ0n) is 16.3. The van der Waals surface area contributed by atoms with Crippen molar-refractivity contribution in [2.75, 3.05) is 24.5 Å². The van der Waals surface area contributed by atoms with E-state index in [0.29, 0.717) is 23.8 Å². The summed E-state index contributed by atoms with van der Waals surface area (Å²) in [6.07, 6.45) is 4.68. The fourth-order valence-corrected chi connectivity index (χ4v) is 5.01. The lowest BCUT2D eigenvalue weighted by Gasteiger charge is -2.31. The van der Waals surface area contributed by atoms with Crippen molar-refractivity contribution in [2.45, 2.75) is 13.0 Å². The minimum Gasteiger partial charge on any atom is -0.368 e. The maximum absolute atomic E-state index is 14.3. The summed E-state index contributed by atoms with van der Waals surface area (Å²) in [7, 11) is 0. The molecule has 29 heavy (non-hydrogen) atoms. The molecule has 3 aromatic rings. The molecule has 2 aliphatic heterocycles. The minimum atomic E-state index is -0.292. The third-order valence-electron chi connectivity index (χ3n) is 6.35. The summed E-state index contributed by atoms with van der Waals surface area (Å²) >= 11 is 0. The molecule has 0 aliphatic carbocycles. The van der Waals surface area contributed by atoms with Crippen LogP contribution in [0.4, 0.5) is 10.1 Å². The summed E-state index contributed by atoms with van der Waals surface area (Å²) in [6, 6.07) is 13.7. The highest BCUT2D eigenvalue weighted by atomic mass is 19.1. The Morgan fingerprint density at radius 2 is 2.00 bits per heavy atom. The topological polar surface area (TPSA) is 52.2 Å². The number of rotatable bonds is 3. The van der Waals surface area contributed by atoms with Crippen molar-refractivity contribution in [3.05, 3.63) is 83.7 Å². The van der Waals surface area contributed by atoms with Gasteiger partial charge in [0.25, 0.3) is 5.91 Å². The highest BCUT2D eigenvalue weighted by Gasteiger charge is 2.50. The van der Waals surface area contributed by atoms with Crippen LogP contribution in [-0.4, -0.2) is 40.4 Å². The Kier molecular flexibility index (Phi) is 4.34. The number of aromatic nitrogens is 2. The van der Waals surface area contributed by atoms with E-state index < -0.39 is 0 Å². The van der Waals surface area contributed by atoms with E-state index in [-0.39, 0.29) is 23.7 Å². The van der Waals surface area contributed by atoms with Crippen LogP contribution in [0.15, 0.2) is 61.1 Å². The monoisotopic (exact) mass is 390 g/mol. The molecule has 2 fully saturated rings. The summed E-state index contributed by atoms with van der Waals surface area (Å²) in [6.45, 7) is 4.22. The predicted octanol–water partition coefficient (Wildman–Crippen LogP) is 3.81. The molecule has 5 rings (SSSR count). The van der Waals surface area contributed by atoms with E-state index in [9.17, 15) is 9.18 Å². The van der Waals surface area contributed by atoms with Crippen LogP contribution in [0, 0.1) is 24.6 Å². The molecule has 1 amide bonds. The zero-order valence-corrected chi connectivity index (χ0v) is 16.3. The van der Waals surface area contributed by atoms with E-state index in [4.69, 9.17) is 0 Å². The van der Waals surface area contributed by atoms with Gasteiger partial charge in [-0.1, -0.05) is 24.3 Å². The number of aryl methyl sites for hydroxylation is 1. The lowest BCUT2D eigenvalue weighted by molar-refractivity contribution is 0.0710.